The average Bonchev–Trinajstić information content (AvgIpc) is 2.34. The first kappa shape index (κ1) is 16.4. The summed E-state index contributed by atoms with van der Waals surface area (Å²) in [5.41, 5.74) is 0. The molecule has 18 heavy (non-hydrogen) atoms. The third kappa shape index (κ3) is 14.4. The van der Waals surface area contributed by atoms with Crippen molar-refractivity contribution in [3.8, 4) is 0 Å². The predicted molar refractivity (Wildman–Crippen MR) is 77.6 cm³/mol. The summed E-state index contributed by atoms with van der Waals surface area (Å²) >= 11 is 0. The van der Waals surface area contributed by atoms with Gasteiger partial charge in [-0.2, -0.15) is 0 Å². The SMILES string of the molecule is CCCC=CCC=CCC=CCC=CCC(=O)O. The maximum absolute atomic E-state index is 10.2. The van der Waals surface area contributed by atoms with Crippen LogP contribution in [0.4, 0.5) is 0 Å². The smallest absolute Gasteiger partial charge is 0.307 e. The molecule has 0 aromatic rings. The third-order valence-electron chi connectivity index (χ3n) is 2.23. The number of hydrogen-bond acceptors (Lipinski definition) is 1. The molecular weight excluding hydrogens is 224 g/mol. The zero-order valence-corrected chi connectivity index (χ0v) is 11.2. The number of aliphatic carboxylic acids is 1. The van der Waals surface area contributed by atoms with E-state index in [1.807, 2.05) is 6.08 Å². The first-order valence-corrected chi connectivity index (χ1v) is 6.59. The van der Waals surface area contributed by atoms with E-state index in [9.17, 15) is 4.79 Å². The van der Waals surface area contributed by atoms with Gasteiger partial charge in [0.2, 0.25) is 0 Å². The molecule has 1 N–H and O–H groups in total. The lowest BCUT2D eigenvalue weighted by molar-refractivity contribution is -0.136. The van der Waals surface area contributed by atoms with Crippen molar-refractivity contribution in [1.82, 2.24) is 0 Å². The molecule has 0 aliphatic carbocycles. The van der Waals surface area contributed by atoms with Gasteiger partial charge in [0.25, 0.3) is 0 Å². The molecule has 0 amide bonds. The second-order valence-corrected chi connectivity index (χ2v) is 3.98. The Balaban J connectivity index is 3.44. The molecule has 0 aromatic carbocycles. The molecule has 0 aliphatic rings. The zero-order chi connectivity index (χ0) is 13.5. The lowest BCUT2D eigenvalue weighted by Gasteiger charge is -1.85. The van der Waals surface area contributed by atoms with E-state index in [1.54, 1.807) is 6.08 Å². The van der Waals surface area contributed by atoms with Crippen molar-refractivity contribution in [2.45, 2.75) is 45.4 Å². The minimum Gasteiger partial charge on any atom is -0.481 e. The molecule has 0 rings (SSSR count). The topological polar surface area (TPSA) is 37.3 Å². The van der Waals surface area contributed by atoms with Crippen molar-refractivity contribution in [2.24, 2.45) is 0 Å². The molecule has 2 nitrogen and oxygen atoms in total. The summed E-state index contributed by atoms with van der Waals surface area (Å²) in [6.07, 6.45) is 21.6. The Morgan fingerprint density at radius 1 is 0.833 bits per heavy atom. The van der Waals surface area contributed by atoms with Crippen LogP contribution in [0.15, 0.2) is 48.6 Å². The van der Waals surface area contributed by atoms with Gasteiger partial charge < -0.3 is 5.11 Å². The van der Waals surface area contributed by atoms with Crippen molar-refractivity contribution in [2.75, 3.05) is 0 Å². The van der Waals surface area contributed by atoms with Crippen molar-refractivity contribution >= 4 is 5.97 Å². The number of unbranched alkanes of at least 4 members (excludes halogenated alkanes) is 1. The predicted octanol–water partition coefficient (Wildman–Crippen LogP) is 4.66. The molecule has 100 valence electrons. The highest BCUT2D eigenvalue weighted by atomic mass is 16.4. The maximum Gasteiger partial charge on any atom is 0.307 e. The quantitative estimate of drug-likeness (QED) is 0.571. The van der Waals surface area contributed by atoms with Gasteiger partial charge in [-0.1, -0.05) is 62.0 Å². The van der Waals surface area contributed by atoms with Gasteiger partial charge in [0, 0.05) is 0 Å². The van der Waals surface area contributed by atoms with E-state index < -0.39 is 5.97 Å². The van der Waals surface area contributed by atoms with Crippen LogP contribution < -0.4 is 0 Å². The van der Waals surface area contributed by atoms with Gasteiger partial charge in [0.15, 0.2) is 0 Å². The molecule has 0 spiro atoms. The van der Waals surface area contributed by atoms with E-state index in [0.29, 0.717) is 0 Å². The van der Waals surface area contributed by atoms with Crippen LogP contribution in [0, 0.1) is 0 Å². The molecule has 0 fully saturated rings. The number of hydrogen-bond donors (Lipinski definition) is 1. The Bertz CT molecular complexity index is 309. The van der Waals surface area contributed by atoms with Gasteiger partial charge in [-0.3, -0.25) is 4.79 Å². The second-order valence-electron chi connectivity index (χ2n) is 3.98. The Kier molecular flexibility index (Phi) is 12.3. The summed E-state index contributed by atoms with van der Waals surface area (Å²) in [6, 6.07) is 0. The molecule has 0 bridgehead atoms. The standard InChI is InChI=1S/C16H24O2/c1-2-3-4-5-6-7-8-9-10-11-12-13-14-15-16(17)18/h4-5,7-8,10-11,13-14H,2-3,6,9,12,15H2,1H3,(H,17,18). The van der Waals surface area contributed by atoms with Crippen LogP contribution in [0.3, 0.4) is 0 Å². The van der Waals surface area contributed by atoms with E-state index in [2.05, 4.69) is 43.4 Å². The number of carboxylic acid groups (broad SMARTS) is 1. The highest BCUT2D eigenvalue weighted by Crippen LogP contribution is 1.95. The first-order chi connectivity index (χ1) is 8.77. The van der Waals surface area contributed by atoms with Crippen molar-refractivity contribution in [3.05, 3.63) is 48.6 Å². The molecule has 0 atom stereocenters. The van der Waals surface area contributed by atoms with Gasteiger partial charge in [0.1, 0.15) is 0 Å². The summed E-state index contributed by atoms with van der Waals surface area (Å²) < 4.78 is 0. The zero-order valence-electron chi connectivity index (χ0n) is 11.2. The molecule has 0 unspecified atom stereocenters. The Morgan fingerprint density at radius 3 is 1.72 bits per heavy atom. The summed E-state index contributed by atoms with van der Waals surface area (Å²) in [4.78, 5) is 10.2. The Labute approximate surface area is 110 Å². The molecule has 0 saturated heterocycles. The molecule has 0 saturated carbocycles. The van der Waals surface area contributed by atoms with E-state index in [-0.39, 0.29) is 6.42 Å². The van der Waals surface area contributed by atoms with Crippen LogP contribution in [0.5, 0.6) is 0 Å². The molecule has 2 heteroatoms. The molecular formula is C16H24O2. The van der Waals surface area contributed by atoms with E-state index in [1.165, 1.54) is 6.42 Å². The minimum atomic E-state index is -0.783. The number of carboxylic acids is 1. The fourth-order valence-electron chi connectivity index (χ4n) is 1.28. The van der Waals surface area contributed by atoms with E-state index >= 15 is 0 Å². The van der Waals surface area contributed by atoms with Crippen LogP contribution >= 0.6 is 0 Å². The molecule has 0 aliphatic heterocycles. The highest BCUT2D eigenvalue weighted by molar-refractivity contribution is 5.68. The fraction of sp³-hybridized carbons (Fsp3) is 0.438. The summed E-state index contributed by atoms with van der Waals surface area (Å²) in [7, 11) is 0. The van der Waals surface area contributed by atoms with Gasteiger partial charge in [-0.15, -0.1) is 0 Å². The van der Waals surface area contributed by atoms with Crippen molar-refractivity contribution in [1.29, 1.82) is 0 Å². The van der Waals surface area contributed by atoms with Gasteiger partial charge in [-0.25, -0.2) is 0 Å². The van der Waals surface area contributed by atoms with Gasteiger partial charge >= 0.3 is 5.97 Å². The van der Waals surface area contributed by atoms with Crippen LogP contribution in [0.2, 0.25) is 0 Å². The van der Waals surface area contributed by atoms with Crippen LogP contribution in [-0.4, -0.2) is 11.1 Å². The summed E-state index contributed by atoms with van der Waals surface area (Å²) in [5, 5.41) is 8.41. The fourth-order valence-corrected chi connectivity index (χ4v) is 1.28. The largest absolute Gasteiger partial charge is 0.481 e. The monoisotopic (exact) mass is 248 g/mol. The molecule has 0 aromatic heterocycles. The van der Waals surface area contributed by atoms with Crippen LogP contribution in [-0.2, 0) is 4.79 Å². The third-order valence-corrected chi connectivity index (χ3v) is 2.23. The lowest BCUT2D eigenvalue weighted by atomic mass is 10.2. The van der Waals surface area contributed by atoms with Gasteiger partial charge in [0.05, 0.1) is 6.42 Å². The summed E-state index contributed by atoms with van der Waals surface area (Å²) in [6.45, 7) is 2.18. The maximum atomic E-state index is 10.2. The normalized spacial score (nSPS) is 12.5. The van der Waals surface area contributed by atoms with E-state index in [4.69, 9.17) is 5.11 Å². The molecule has 0 radical (unpaired) electrons. The Hall–Kier alpha value is -1.57. The second kappa shape index (κ2) is 13.5. The van der Waals surface area contributed by atoms with Crippen molar-refractivity contribution < 1.29 is 9.90 Å². The first-order valence-electron chi connectivity index (χ1n) is 6.59. The number of allylic oxidation sites excluding steroid dienone is 7. The van der Waals surface area contributed by atoms with E-state index in [0.717, 1.165) is 25.7 Å². The highest BCUT2D eigenvalue weighted by Gasteiger charge is 1.87. The minimum absolute atomic E-state index is 0.109. The number of rotatable bonds is 10. The van der Waals surface area contributed by atoms with Gasteiger partial charge in [-0.05, 0) is 25.7 Å². The average molecular weight is 248 g/mol. The molecule has 0 heterocycles. The van der Waals surface area contributed by atoms with Crippen LogP contribution in [0.25, 0.3) is 0 Å². The number of carbonyl (C=O) groups is 1. The Morgan fingerprint density at radius 2 is 1.28 bits per heavy atom. The van der Waals surface area contributed by atoms with Crippen molar-refractivity contribution in [3.63, 3.8) is 0 Å². The lowest BCUT2D eigenvalue weighted by Crippen LogP contribution is -1.89. The van der Waals surface area contributed by atoms with Crippen LogP contribution in [0.1, 0.15) is 45.4 Å². The summed E-state index contributed by atoms with van der Waals surface area (Å²) in [5.74, 6) is -0.783.